The number of anilines is 1. The van der Waals surface area contributed by atoms with Gasteiger partial charge in [0.1, 0.15) is 5.60 Å². The van der Waals surface area contributed by atoms with Crippen LogP contribution in [0.5, 0.6) is 0 Å². The summed E-state index contributed by atoms with van der Waals surface area (Å²) in [5, 5.41) is 13.8. The highest BCUT2D eigenvalue weighted by atomic mass is 16.6. The van der Waals surface area contributed by atoms with Crippen molar-refractivity contribution in [3.05, 3.63) is 28.3 Å². The number of nitrogens with zero attached hydrogens (tertiary/aromatic N) is 3. The van der Waals surface area contributed by atoms with Crippen molar-refractivity contribution in [1.29, 1.82) is 0 Å². The Labute approximate surface area is 157 Å². The van der Waals surface area contributed by atoms with Crippen molar-refractivity contribution in [1.82, 2.24) is 15.3 Å². The summed E-state index contributed by atoms with van der Waals surface area (Å²) < 4.78 is 5.30. The van der Waals surface area contributed by atoms with Gasteiger partial charge in [-0.2, -0.15) is 0 Å². The third-order valence-electron chi connectivity index (χ3n) is 4.44. The number of aromatic amines is 1. The first-order chi connectivity index (χ1) is 12.7. The fourth-order valence-corrected chi connectivity index (χ4v) is 3.24. The second-order valence-electron chi connectivity index (χ2n) is 7.74. The molecule has 1 atom stereocenters. The predicted molar refractivity (Wildman–Crippen MR) is 102 cm³/mol. The molecule has 2 aromatic rings. The van der Waals surface area contributed by atoms with Gasteiger partial charge in [-0.05, 0) is 46.1 Å². The topological polar surface area (TPSA) is 113 Å². The monoisotopic (exact) mass is 375 g/mol. The quantitative estimate of drug-likeness (QED) is 0.626. The lowest BCUT2D eigenvalue weighted by Crippen LogP contribution is -2.48. The number of hydrogen-bond donors (Lipinski definition) is 2. The van der Waals surface area contributed by atoms with E-state index in [0.29, 0.717) is 23.5 Å². The summed E-state index contributed by atoms with van der Waals surface area (Å²) in [5.74, 6) is 0.668. The summed E-state index contributed by atoms with van der Waals surface area (Å²) in [6.07, 6.45) is 2.59. The Balaban J connectivity index is 1.74. The lowest BCUT2D eigenvalue weighted by atomic mass is 10.0. The number of benzene rings is 1. The molecule has 9 nitrogen and oxygen atoms in total. The number of amides is 1. The maximum absolute atomic E-state index is 11.9. The van der Waals surface area contributed by atoms with Gasteiger partial charge >= 0.3 is 6.09 Å². The summed E-state index contributed by atoms with van der Waals surface area (Å²) in [7, 11) is 0. The number of carbonyl (C=O) groups excluding carboxylic acids is 1. The second kappa shape index (κ2) is 7.42. The van der Waals surface area contributed by atoms with E-state index in [1.807, 2.05) is 20.8 Å². The van der Waals surface area contributed by atoms with E-state index < -0.39 is 16.6 Å². The lowest BCUT2D eigenvalue weighted by Gasteiger charge is -2.35. The number of hydrogen-bond acceptors (Lipinski definition) is 6. The van der Waals surface area contributed by atoms with E-state index in [1.165, 1.54) is 12.1 Å². The van der Waals surface area contributed by atoms with Crippen molar-refractivity contribution < 1.29 is 14.5 Å². The van der Waals surface area contributed by atoms with Gasteiger partial charge in [0.25, 0.3) is 5.69 Å². The molecule has 9 heteroatoms. The minimum atomic E-state index is -0.538. The minimum Gasteiger partial charge on any atom is -0.444 e. The molecule has 1 amide bonds. The van der Waals surface area contributed by atoms with Crippen LogP contribution in [-0.2, 0) is 4.74 Å². The Morgan fingerprint density at radius 2 is 2.22 bits per heavy atom. The molecule has 3 rings (SSSR count). The first-order valence-electron chi connectivity index (χ1n) is 9.10. The molecule has 1 fully saturated rings. The van der Waals surface area contributed by atoms with E-state index in [0.717, 1.165) is 25.8 Å². The minimum absolute atomic E-state index is 0.0273. The maximum Gasteiger partial charge on any atom is 0.407 e. The van der Waals surface area contributed by atoms with Crippen molar-refractivity contribution >= 4 is 28.8 Å². The normalized spacial score (nSPS) is 17.7. The van der Waals surface area contributed by atoms with Gasteiger partial charge in [0.05, 0.1) is 16.0 Å². The number of nitrogens with one attached hydrogen (secondary N) is 2. The number of imidazole rings is 1. The van der Waals surface area contributed by atoms with Gasteiger partial charge in [-0.25, -0.2) is 9.78 Å². The number of ether oxygens (including phenoxy) is 1. The summed E-state index contributed by atoms with van der Waals surface area (Å²) in [6, 6.07) is 4.67. The van der Waals surface area contributed by atoms with Crippen molar-refractivity contribution in [2.45, 2.75) is 51.7 Å². The number of carbonyl (C=O) groups is 1. The summed E-state index contributed by atoms with van der Waals surface area (Å²) in [4.78, 5) is 32.4. The van der Waals surface area contributed by atoms with Crippen molar-refractivity contribution in [2.24, 2.45) is 0 Å². The molecule has 0 aliphatic carbocycles. The first kappa shape index (κ1) is 18.9. The van der Waals surface area contributed by atoms with Gasteiger partial charge in [0, 0.05) is 31.3 Å². The second-order valence-corrected chi connectivity index (χ2v) is 7.74. The highest BCUT2D eigenvalue weighted by Crippen LogP contribution is 2.26. The van der Waals surface area contributed by atoms with Crippen LogP contribution in [0.3, 0.4) is 0 Å². The molecule has 1 aromatic heterocycles. The number of nitro groups is 1. The number of fused-ring (bicyclic) bond motifs is 1. The SMILES string of the molecule is CC(C)(C)OC(=O)NCC1CCCCN1c1nc2ccc([N+](=O)[O-])cc2[nH]1. The average molecular weight is 375 g/mol. The van der Waals surface area contributed by atoms with Crippen LogP contribution in [0, 0.1) is 10.1 Å². The Hall–Kier alpha value is -2.84. The van der Waals surface area contributed by atoms with Crippen LogP contribution in [-0.4, -0.2) is 45.7 Å². The van der Waals surface area contributed by atoms with Gasteiger partial charge in [-0.1, -0.05) is 0 Å². The number of H-pyrrole nitrogens is 1. The number of rotatable bonds is 4. The van der Waals surface area contributed by atoms with Crippen LogP contribution in [0.1, 0.15) is 40.0 Å². The number of non-ortho nitro benzene ring substituents is 1. The molecule has 27 heavy (non-hydrogen) atoms. The molecule has 1 aromatic carbocycles. The molecule has 1 aliphatic heterocycles. The molecule has 0 spiro atoms. The fraction of sp³-hybridized carbons (Fsp3) is 0.556. The molecule has 2 N–H and O–H groups in total. The predicted octanol–water partition coefficient (Wildman–Crippen LogP) is 3.35. The lowest BCUT2D eigenvalue weighted by molar-refractivity contribution is -0.384. The number of piperidine rings is 1. The van der Waals surface area contributed by atoms with Gasteiger partial charge in [0.15, 0.2) is 0 Å². The Kier molecular flexibility index (Phi) is 5.20. The smallest absolute Gasteiger partial charge is 0.407 e. The summed E-state index contributed by atoms with van der Waals surface area (Å²) >= 11 is 0. The van der Waals surface area contributed by atoms with E-state index in [-0.39, 0.29) is 11.7 Å². The van der Waals surface area contributed by atoms with Gasteiger partial charge in [0.2, 0.25) is 5.95 Å². The van der Waals surface area contributed by atoms with Gasteiger partial charge in [-0.3, -0.25) is 10.1 Å². The van der Waals surface area contributed by atoms with Crippen LogP contribution in [0.4, 0.5) is 16.4 Å². The van der Waals surface area contributed by atoms with Crippen LogP contribution >= 0.6 is 0 Å². The van der Waals surface area contributed by atoms with Crippen LogP contribution in [0.15, 0.2) is 18.2 Å². The molecule has 146 valence electrons. The average Bonchev–Trinajstić information content (AvgIpc) is 3.01. The van der Waals surface area contributed by atoms with Crippen molar-refractivity contribution in [3.8, 4) is 0 Å². The molecule has 0 bridgehead atoms. The third kappa shape index (κ3) is 4.66. The zero-order valence-corrected chi connectivity index (χ0v) is 15.8. The largest absolute Gasteiger partial charge is 0.444 e. The Bertz CT molecular complexity index is 842. The summed E-state index contributed by atoms with van der Waals surface area (Å²) in [6.45, 7) is 6.74. The molecule has 1 saturated heterocycles. The van der Waals surface area contributed by atoms with Crippen molar-refractivity contribution in [2.75, 3.05) is 18.0 Å². The first-order valence-corrected chi connectivity index (χ1v) is 9.10. The number of nitro benzene ring substituents is 1. The molecular weight excluding hydrogens is 350 g/mol. The molecule has 1 unspecified atom stereocenters. The standard InChI is InChI=1S/C18H25N5O4/c1-18(2,3)27-17(24)19-11-13-6-4-5-9-22(13)16-20-14-8-7-12(23(25)26)10-15(14)21-16/h7-8,10,13H,4-6,9,11H2,1-3H3,(H,19,24)(H,20,21). The molecule has 1 aliphatic rings. The summed E-state index contributed by atoms with van der Waals surface area (Å²) in [5.41, 5.74) is 0.798. The third-order valence-corrected chi connectivity index (χ3v) is 4.44. The van der Waals surface area contributed by atoms with E-state index in [2.05, 4.69) is 20.2 Å². The van der Waals surface area contributed by atoms with Crippen LogP contribution < -0.4 is 10.2 Å². The zero-order chi connectivity index (χ0) is 19.6. The molecule has 2 heterocycles. The number of alkyl carbamates (subject to hydrolysis) is 1. The van der Waals surface area contributed by atoms with Crippen molar-refractivity contribution in [3.63, 3.8) is 0 Å². The molecule has 0 saturated carbocycles. The Morgan fingerprint density at radius 1 is 1.44 bits per heavy atom. The maximum atomic E-state index is 11.9. The van der Waals surface area contributed by atoms with E-state index in [1.54, 1.807) is 6.07 Å². The van der Waals surface area contributed by atoms with Gasteiger partial charge < -0.3 is 19.9 Å². The Morgan fingerprint density at radius 3 is 2.93 bits per heavy atom. The molecular formula is C18H25N5O4. The van der Waals surface area contributed by atoms with E-state index >= 15 is 0 Å². The highest BCUT2D eigenvalue weighted by molar-refractivity contribution is 5.80. The number of aromatic nitrogens is 2. The van der Waals surface area contributed by atoms with Crippen LogP contribution in [0.2, 0.25) is 0 Å². The highest BCUT2D eigenvalue weighted by Gasteiger charge is 2.26. The van der Waals surface area contributed by atoms with Crippen LogP contribution in [0.25, 0.3) is 11.0 Å². The zero-order valence-electron chi connectivity index (χ0n) is 15.8. The van der Waals surface area contributed by atoms with E-state index in [4.69, 9.17) is 4.74 Å². The van der Waals surface area contributed by atoms with Gasteiger partial charge in [-0.15, -0.1) is 0 Å². The van der Waals surface area contributed by atoms with E-state index in [9.17, 15) is 14.9 Å². The molecule has 0 radical (unpaired) electrons. The fourth-order valence-electron chi connectivity index (χ4n) is 3.24.